The summed E-state index contributed by atoms with van der Waals surface area (Å²) < 4.78 is 0. The molecule has 2 rings (SSSR count). The van der Waals surface area contributed by atoms with Gasteiger partial charge in [-0.15, -0.1) is 0 Å². The van der Waals surface area contributed by atoms with Gasteiger partial charge in [-0.05, 0) is 38.9 Å². The van der Waals surface area contributed by atoms with Crippen LogP contribution >= 0.6 is 0 Å². The summed E-state index contributed by atoms with van der Waals surface area (Å²) in [6.07, 6.45) is 2.49. The molecule has 19 heavy (non-hydrogen) atoms. The van der Waals surface area contributed by atoms with Crippen LogP contribution in [0.4, 0.5) is 5.69 Å². The zero-order valence-corrected chi connectivity index (χ0v) is 11.3. The molecular weight excluding hydrogens is 242 g/mol. The summed E-state index contributed by atoms with van der Waals surface area (Å²) in [7, 11) is 2.15. The number of hydrogen-bond donors (Lipinski definition) is 1. The van der Waals surface area contributed by atoms with Crippen LogP contribution in [-0.4, -0.2) is 36.5 Å². The van der Waals surface area contributed by atoms with Gasteiger partial charge < -0.3 is 10.2 Å². The molecule has 104 valence electrons. The molecule has 1 fully saturated rings. The van der Waals surface area contributed by atoms with Crippen molar-refractivity contribution in [1.82, 2.24) is 10.2 Å². The molecule has 1 aromatic rings. The lowest BCUT2D eigenvalue weighted by Crippen LogP contribution is -2.37. The van der Waals surface area contributed by atoms with E-state index < -0.39 is 0 Å². The van der Waals surface area contributed by atoms with Gasteiger partial charge in [-0.25, -0.2) is 0 Å². The molecule has 5 heteroatoms. The number of nitro benzene ring substituents is 1. The zero-order chi connectivity index (χ0) is 13.7. The number of para-hydroxylation sites is 1. The largest absolute Gasteiger partial charge is 0.312 e. The van der Waals surface area contributed by atoms with E-state index >= 15 is 0 Å². The van der Waals surface area contributed by atoms with Gasteiger partial charge in [0.25, 0.3) is 5.69 Å². The van der Waals surface area contributed by atoms with E-state index in [0.29, 0.717) is 12.5 Å². The van der Waals surface area contributed by atoms with E-state index in [1.54, 1.807) is 12.1 Å². The SMILES string of the molecule is CN1CCCC(CNCc2ccccc2[N+](=O)[O-])C1. The summed E-state index contributed by atoms with van der Waals surface area (Å²) in [5, 5.41) is 14.3. The van der Waals surface area contributed by atoms with Crippen LogP contribution in [0.15, 0.2) is 24.3 Å². The van der Waals surface area contributed by atoms with Gasteiger partial charge in [0.2, 0.25) is 0 Å². The van der Waals surface area contributed by atoms with Crippen molar-refractivity contribution >= 4 is 5.69 Å². The molecule has 0 radical (unpaired) electrons. The van der Waals surface area contributed by atoms with Gasteiger partial charge in [-0.1, -0.05) is 18.2 Å². The third-order valence-corrected chi connectivity index (χ3v) is 3.66. The van der Waals surface area contributed by atoms with Crippen LogP contribution in [0.3, 0.4) is 0 Å². The van der Waals surface area contributed by atoms with Gasteiger partial charge in [-0.3, -0.25) is 10.1 Å². The first kappa shape index (κ1) is 14.0. The van der Waals surface area contributed by atoms with E-state index in [2.05, 4.69) is 17.3 Å². The topological polar surface area (TPSA) is 58.4 Å². The van der Waals surface area contributed by atoms with E-state index in [0.717, 1.165) is 18.7 Å². The molecule has 5 nitrogen and oxygen atoms in total. The molecule has 1 heterocycles. The molecule has 1 N–H and O–H groups in total. The number of likely N-dealkylation sites (tertiary alicyclic amines) is 1. The van der Waals surface area contributed by atoms with Crippen LogP contribution in [0, 0.1) is 16.0 Å². The molecule has 0 bridgehead atoms. The molecule has 1 unspecified atom stereocenters. The molecule has 0 amide bonds. The predicted molar refractivity (Wildman–Crippen MR) is 75.0 cm³/mol. The molecule has 0 aliphatic carbocycles. The van der Waals surface area contributed by atoms with Crippen LogP contribution in [0.1, 0.15) is 18.4 Å². The standard InChI is InChI=1S/C14H21N3O2/c1-16-8-4-5-12(11-16)9-15-10-13-6-2-3-7-14(13)17(18)19/h2-3,6-7,12,15H,4-5,8-11H2,1H3. The maximum Gasteiger partial charge on any atom is 0.273 e. The number of benzene rings is 1. The van der Waals surface area contributed by atoms with Gasteiger partial charge >= 0.3 is 0 Å². The summed E-state index contributed by atoms with van der Waals surface area (Å²) in [5.74, 6) is 0.654. The highest BCUT2D eigenvalue weighted by atomic mass is 16.6. The summed E-state index contributed by atoms with van der Waals surface area (Å²) in [6.45, 7) is 3.79. The highest BCUT2D eigenvalue weighted by Gasteiger charge is 2.17. The minimum atomic E-state index is -0.314. The monoisotopic (exact) mass is 263 g/mol. The van der Waals surface area contributed by atoms with Crippen molar-refractivity contribution in [3.05, 3.63) is 39.9 Å². The maximum atomic E-state index is 10.9. The summed E-state index contributed by atoms with van der Waals surface area (Å²) in [4.78, 5) is 12.9. The highest BCUT2D eigenvalue weighted by Crippen LogP contribution is 2.18. The Morgan fingerprint density at radius 1 is 1.47 bits per heavy atom. The van der Waals surface area contributed by atoms with Crippen molar-refractivity contribution in [2.75, 3.05) is 26.7 Å². The second-order valence-electron chi connectivity index (χ2n) is 5.29. The van der Waals surface area contributed by atoms with E-state index in [4.69, 9.17) is 0 Å². The second kappa shape index (κ2) is 6.63. The Morgan fingerprint density at radius 3 is 3.00 bits per heavy atom. The first-order chi connectivity index (χ1) is 9.16. The molecule has 1 atom stereocenters. The minimum Gasteiger partial charge on any atom is -0.312 e. The average molecular weight is 263 g/mol. The molecule has 1 aromatic carbocycles. The lowest BCUT2D eigenvalue weighted by atomic mass is 9.98. The fourth-order valence-corrected chi connectivity index (χ4v) is 2.69. The van der Waals surface area contributed by atoms with Crippen LogP contribution in [0.5, 0.6) is 0 Å². The van der Waals surface area contributed by atoms with E-state index in [1.807, 2.05) is 12.1 Å². The average Bonchev–Trinajstić information content (AvgIpc) is 2.39. The normalized spacial score (nSPS) is 20.4. The number of rotatable bonds is 5. The van der Waals surface area contributed by atoms with Gasteiger partial charge in [0.15, 0.2) is 0 Å². The molecule has 0 spiro atoms. The van der Waals surface area contributed by atoms with Crippen molar-refractivity contribution in [3.8, 4) is 0 Å². The lowest BCUT2D eigenvalue weighted by molar-refractivity contribution is -0.385. The second-order valence-corrected chi connectivity index (χ2v) is 5.29. The van der Waals surface area contributed by atoms with E-state index in [1.165, 1.54) is 19.4 Å². The van der Waals surface area contributed by atoms with Gasteiger partial charge in [0.1, 0.15) is 0 Å². The fraction of sp³-hybridized carbons (Fsp3) is 0.571. The number of nitrogens with zero attached hydrogens (tertiary/aromatic N) is 2. The van der Waals surface area contributed by atoms with Crippen molar-refractivity contribution in [3.63, 3.8) is 0 Å². The van der Waals surface area contributed by atoms with Crippen LogP contribution in [0.25, 0.3) is 0 Å². The van der Waals surface area contributed by atoms with Gasteiger partial charge in [0.05, 0.1) is 4.92 Å². The van der Waals surface area contributed by atoms with Crippen LogP contribution in [-0.2, 0) is 6.54 Å². The molecule has 0 aromatic heterocycles. The Labute approximate surface area is 113 Å². The van der Waals surface area contributed by atoms with E-state index in [-0.39, 0.29) is 10.6 Å². The third kappa shape index (κ3) is 4.01. The number of nitrogens with one attached hydrogen (secondary N) is 1. The number of piperidine rings is 1. The zero-order valence-electron chi connectivity index (χ0n) is 11.3. The first-order valence-corrected chi connectivity index (χ1v) is 6.78. The van der Waals surface area contributed by atoms with Crippen LogP contribution < -0.4 is 5.32 Å². The quantitative estimate of drug-likeness (QED) is 0.652. The van der Waals surface area contributed by atoms with Crippen LogP contribution in [0.2, 0.25) is 0 Å². The van der Waals surface area contributed by atoms with Crippen molar-refractivity contribution < 1.29 is 4.92 Å². The van der Waals surface area contributed by atoms with Crippen molar-refractivity contribution in [2.24, 2.45) is 5.92 Å². The predicted octanol–water partition coefficient (Wildman–Crippen LogP) is 2.03. The molecule has 1 aliphatic heterocycles. The Balaban J connectivity index is 1.84. The first-order valence-electron chi connectivity index (χ1n) is 6.78. The third-order valence-electron chi connectivity index (χ3n) is 3.66. The number of hydrogen-bond acceptors (Lipinski definition) is 4. The highest BCUT2D eigenvalue weighted by molar-refractivity contribution is 5.39. The maximum absolute atomic E-state index is 10.9. The Hall–Kier alpha value is -1.46. The fourth-order valence-electron chi connectivity index (χ4n) is 2.69. The Morgan fingerprint density at radius 2 is 2.26 bits per heavy atom. The Bertz CT molecular complexity index is 436. The number of nitro groups is 1. The summed E-state index contributed by atoms with van der Waals surface area (Å²) >= 11 is 0. The molecular formula is C14H21N3O2. The smallest absolute Gasteiger partial charge is 0.273 e. The summed E-state index contributed by atoms with van der Waals surface area (Å²) in [5.41, 5.74) is 0.965. The molecule has 1 aliphatic rings. The lowest BCUT2D eigenvalue weighted by Gasteiger charge is -2.29. The molecule has 0 saturated carbocycles. The van der Waals surface area contributed by atoms with Crippen molar-refractivity contribution in [2.45, 2.75) is 19.4 Å². The Kier molecular flexibility index (Phi) is 4.87. The minimum absolute atomic E-state index is 0.204. The van der Waals surface area contributed by atoms with E-state index in [9.17, 15) is 10.1 Å². The van der Waals surface area contributed by atoms with Gasteiger partial charge in [-0.2, -0.15) is 0 Å². The summed E-state index contributed by atoms with van der Waals surface area (Å²) in [6, 6.07) is 6.93. The van der Waals surface area contributed by atoms with Crippen molar-refractivity contribution in [1.29, 1.82) is 0 Å². The molecule has 1 saturated heterocycles. The van der Waals surface area contributed by atoms with Gasteiger partial charge in [0, 0.05) is 24.7 Å².